The van der Waals surface area contributed by atoms with Crippen LogP contribution in [0, 0.1) is 0 Å². The van der Waals surface area contributed by atoms with E-state index in [4.69, 9.17) is 4.74 Å². The fourth-order valence-corrected chi connectivity index (χ4v) is 4.22. The SMILES string of the molecule is O=C1CO[C@@H]2CN(C(=O)CN3CCCC3=O)CC[C@@]2(c2ccccc2)N1. The van der Waals surface area contributed by atoms with Gasteiger partial charge in [0.1, 0.15) is 12.7 Å². The number of hydrogen-bond donors (Lipinski definition) is 1. The van der Waals surface area contributed by atoms with Crippen LogP contribution in [0.15, 0.2) is 30.3 Å². The summed E-state index contributed by atoms with van der Waals surface area (Å²) >= 11 is 0. The maximum absolute atomic E-state index is 12.7. The van der Waals surface area contributed by atoms with Gasteiger partial charge in [-0.25, -0.2) is 0 Å². The zero-order valence-electron chi connectivity index (χ0n) is 14.6. The van der Waals surface area contributed by atoms with Crippen molar-refractivity contribution in [2.24, 2.45) is 0 Å². The Labute approximate surface area is 152 Å². The van der Waals surface area contributed by atoms with Gasteiger partial charge in [0.2, 0.25) is 17.7 Å². The Balaban J connectivity index is 1.51. The highest BCUT2D eigenvalue weighted by atomic mass is 16.5. The first kappa shape index (κ1) is 17.0. The Hall–Kier alpha value is -2.41. The normalized spacial score (nSPS) is 28.7. The van der Waals surface area contributed by atoms with Crippen molar-refractivity contribution in [3.63, 3.8) is 0 Å². The van der Waals surface area contributed by atoms with Gasteiger partial charge >= 0.3 is 0 Å². The van der Waals surface area contributed by atoms with E-state index in [0.717, 1.165) is 12.0 Å². The summed E-state index contributed by atoms with van der Waals surface area (Å²) in [7, 11) is 0. The van der Waals surface area contributed by atoms with Crippen LogP contribution in [0.5, 0.6) is 0 Å². The summed E-state index contributed by atoms with van der Waals surface area (Å²) in [5.41, 5.74) is 0.400. The first-order valence-electron chi connectivity index (χ1n) is 9.12. The number of amides is 3. The summed E-state index contributed by atoms with van der Waals surface area (Å²) in [6.07, 6.45) is 1.64. The van der Waals surface area contributed by atoms with Crippen molar-refractivity contribution >= 4 is 17.7 Å². The number of ether oxygens (including phenoxy) is 1. The van der Waals surface area contributed by atoms with Crippen LogP contribution in [-0.4, -0.2) is 66.4 Å². The van der Waals surface area contributed by atoms with Crippen LogP contribution in [-0.2, 0) is 24.7 Å². The van der Waals surface area contributed by atoms with Crippen molar-refractivity contribution in [1.82, 2.24) is 15.1 Å². The van der Waals surface area contributed by atoms with E-state index in [-0.39, 0.29) is 37.0 Å². The lowest BCUT2D eigenvalue weighted by Gasteiger charge is -2.50. The molecule has 0 unspecified atom stereocenters. The second-order valence-corrected chi connectivity index (χ2v) is 7.19. The number of hydrogen-bond acceptors (Lipinski definition) is 4. The fourth-order valence-electron chi connectivity index (χ4n) is 4.22. The third-order valence-electron chi connectivity index (χ3n) is 5.63. The number of nitrogens with one attached hydrogen (secondary N) is 1. The summed E-state index contributed by atoms with van der Waals surface area (Å²) in [4.78, 5) is 39.9. The molecule has 26 heavy (non-hydrogen) atoms. The van der Waals surface area contributed by atoms with Crippen LogP contribution in [0.25, 0.3) is 0 Å². The minimum Gasteiger partial charge on any atom is -0.364 e. The number of piperidine rings is 1. The third-order valence-corrected chi connectivity index (χ3v) is 5.63. The van der Waals surface area contributed by atoms with Gasteiger partial charge in [-0.2, -0.15) is 0 Å². The molecule has 7 nitrogen and oxygen atoms in total. The van der Waals surface area contributed by atoms with Gasteiger partial charge in [0.25, 0.3) is 0 Å². The van der Waals surface area contributed by atoms with E-state index in [9.17, 15) is 14.4 Å². The molecular formula is C19H23N3O4. The predicted molar refractivity (Wildman–Crippen MR) is 93.0 cm³/mol. The summed E-state index contributed by atoms with van der Waals surface area (Å²) in [5, 5.41) is 3.12. The lowest BCUT2D eigenvalue weighted by atomic mass is 9.77. The van der Waals surface area contributed by atoms with E-state index < -0.39 is 5.54 Å². The van der Waals surface area contributed by atoms with Crippen LogP contribution in [0.2, 0.25) is 0 Å². The minimum absolute atomic E-state index is 0.00584. The van der Waals surface area contributed by atoms with Crippen molar-refractivity contribution < 1.29 is 19.1 Å². The molecule has 0 radical (unpaired) electrons. The van der Waals surface area contributed by atoms with Gasteiger partial charge < -0.3 is 19.9 Å². The lowest BCUT2D eigenvalue weighted by molar-refractivity contribution is -0.158. The molecule has 3 heterocycles. The van der Waals surface area contributed by atoms with E-state index in [2.05, 4.69) is 5.32 Å². The number of morpholine rings is 1. The molecule has 7 heteroatoms. The van der Waals surface area contributed by atoms with E-state index in [1.54, 1.807) is 9.80 Å². The first-order valence-corrected chi connectivity index (χ1v) is 9.12. The molecule has 4 rings (SSSR count). The number of fused-ring (bicyclic) bond motifs is 1. The Morgan fingerprint density at radius 2 is 2.04 bits per heavy atom. The molecule has 0 bridgehead atoms. The Bertz CT molecular complexity index is 723. The van der Waals surface area contributed by atoms with Crippen molar-refractivity contribution in [2.75, 3.05) is 32.8 Å². The molecule has 138 valence electrons. The third kappa shape index (κ3) is 2.96. The topological polar surface area (TPSA) is 79.0 Å². The Morgan fingerprint density at radius 1 is 1.23 bits per heavy atom. The molecule has 3 aliphatic rings. The fraction of sp³-hybridized carbons (Fsp3) is 0.526. The molecule has 1 N–H and O–H groups in total. The van der Waals surface area contributed by atoms with Gasteiger partial charge in [0.15, 0.2) is 0 Å². The average Bonchev–Trinajstić information content (AvgIpc) is 3.06. The van der Waals surface area contributed by atoms with Crippen LogP contribution < -0.4 is 5.32 Å². The highest BCUT2D eigenvalue weighted by molar-refractivity contribution is 5.86. The van der Waals surface area contributed by atoms with E-state index in [1.807, 2.05) is 30.3 Å². The average molecular weight is 357 g/mol. The molecule has 3 fully saturated rings. The van der Waals surface area contributed by atoms with Crippen molar-refractivity contribution in [1.29, 1.82) is 0 Å². The molecule has 0 aliphatic carbocycles. The predicted octanol–water partition coefficient (Wildman–Crippen LogP) is 0.252. The Kier molecular flexibility index (Phi) is 4.40. The summed E-state index contributed by atoms with van der Waals surface area (Å²) in [5.74, 6) is -0.134. The van der Waals surface area contributed by atoms with Crippen LogP contribution in [0.3, 0.4) is 0 Å². The van der Waals surface area contributed by atoms with Gasteiger partial charge in [-0.15, -0.1) is 0 Å². The van der Waals surface area contributed by atoms with E-state index in [0.29, 0.717) is 32.5 Å². The first-order chi connectivity index (χ1) is 12.6. The lowest BCUT2D eigenvalue weighted by Crippen LogP contribution is -2.67. The van der Waals surface area contributed by atoms with Crippen molar-refractivity contribution in [2.45, 2.75) is 30.9 Å². The molecule has 1 aromatic rings. The number of likely N-dealkylation sites (tertiary alicyclic amines) is 2. The van der Waals surface area contributed by atoms with Crippen LogP contribution >= 0.6 is 0 Å². The number of carbonyl (C=O) groups excluding carboxylic acids is 3. The zero-order valence-corrected chi connectivity index (χ0v) is 14.6. The second kappa shape index (κ2) is 6.72. The van der Waals surface area contributed by atoms with Gasteiger partial charge in [0.05, 0.1) is 12.1 Å². The van der Waals surface area contributed by atoms with E-state index >= 15 is 0 Å². The number of carbonyl (C=O) groups is 3. The molecule has 0 spiro atoms. The molecule has 0 saturated carbocycles. The highest BCUT2D eigenvalue weighted by Gasteiger charge is 2.49. The standard InChI is InChI=1S/C19H23N3O4/c23-16-13-26-15-11-22(18(25)12-21-9-4-7-17(21)24)10-8-19(15,20-16)14-5-2-1-3-6-14/h1-3,5-6,15H,4,7-13H2,(H,20,23)/t15-,19+/m1/s1. The summed E-state index contributed by atoms with van der Waals surface area (Å²) < 4.78 is 5.84. The van der Waals surface area contributed by atoms with Crippen molar-refractivity contribution in [3.05, 3.63) is 35.9 Å². The van der Waals surface area contributed by atoms with Crippen LogP contribution in [0.4, 0.5) is 0 Å². The van der Waals surface area contributed by atoms with Crippen molar-refractivity contribution in [3.8, 4) is 0 Å². The van der Waals surface area contributed by atoms with Gasteiger partial charge in [-0.05, 0) is 18.4 Å². The maximum Gasteiger partial charge on any atom is 0.246 e. The number of nitrogens with zero attached hydrogens (tertiary/aromatic N) is 2. The van der Waals surface area contributed by atoms with Gasteiger partial charge in [-0.3, -0.25) is 14.4 Å². The van der Waals surface area contributed by atoms with Gasteiger partial charge in [-0.1, -0.05) is 30.3 Å². The number of rotatable bonds is 3. The highest BCUT2D eigenvalue weighted by Crippen LogP contribution is 2.37. The molecule has 3 saturated heterocycles. The molecule has 3 amide bonds. The van der Waals surface area contributed by atoms with Crippen LogP contribution in [0.1, 0.15) is 24.8 Å². The van der Waals surface area contributed by atoms with E-state index in [1.165, 1.54) is 0 Å². The number of benzene rings is 1. The summed E-state index contributed by atoms with van der Waals surface area (Å²) in [6.45, 7) is 1.73. The largest absolute Gasteiger partial charge is 0.364 e. The monoisotopic (exact) mass is 357 g/mol. The zero-order chi connectivity index (χ0) is 18.1. The minimum atomic E-state index is -0.600. The summed E-state index contributed by atoms with van der Waals surface area (Å²) in [6, 6.07) is 9.80. The Morgan fingerprint density at radius 3 is 2.77 bits per heavy atom. The quantitative estimate of drug-likeness (QED) is 0.841. The molecule has 3 aliphatic heterocycles. The molecule has 1 aromatic carbocycles. The molecule has 2 atom stereocenters. The van der Waals surface area contributed by atoms with Gasteiger partial charge in [0, 0.05) is 26.1 Å². The maximum atomic E-state index is 12.7. The smallest absolute Gasteiger partial charge is 0.246 e. The second-order valence-electron chi connectivity index (χ2n) is 7.19. The molecular weight excluding hydrogens is 334 g/mol. The molecule has 0 aromatic heterocycles.